The standard InChI is InChI=1S/C10H14O3S.H3N/c1-9(2)8-13-14(11,12)10-6-4-3-5-7-10;/h3-7,9H,8H2,1-2H3;1H3. The molecule has 4 nitrogen and oxygen atoms in total. The van der Waals surface area contributed by atoms with Crippen LogP contribution in [0.4, 0.5) is 0 Å². The summed E-state index contributed by atoms with van der Waals surface area (Å²) in [5, 5.41) is 0. The first-order chi connectivity index (χ1) is 6.52. The molecule has 0 aliphatic heterocycles. The molecule has 3 N–H and O–H groups in total. The lowest BCUT2D eigenvalue weighted by Crippen LogP contribution is -2.10. The topological polar surface area (TPSA) is 78.4 Å². The van der Waals surface area contributed by atoms with Crippen LogP contribution in [0, 0.1) is 5.92 Å². The summed E-state index contributed by atoms with van der Waals surface area (Å²) in [4.78, 5) is 0.209. The predicted molar refractivity (Wildman–Crippen MR) is 59.4 cm³/mol. The van der Waals surface area contributed by atoms with Crippen molar-refractivity contribution in [2.24, 2.45) is 5.92 Å². The summed E-state index contributed by atoms with van der Waals surface area (Å²) < 4.78 is 27.9. The number of hydrogen-bond acceptors (Lipinski definition) is 4. The van der Waals surface area contributed by atoms with Gasteiger partial charge in [-0.2, -0.15) is 8.42 Å². The molecule has 0 unspecified atom stereocenters. The molecule has 0 bridgehead atoms. The van der Waals surface area contributed by atoms with Gasteiger partial charge in [-0.15, -0.1) is 0 Å². The molecular formula is C10H17NO3S. The van der Waals surface area contributed by atoms with Gasteiger partial charge in [-0.05, 0) is 18.1 Å². The Labute approximate surface area is 91.0 Å². The van der Waals surface area contributed by atoms with Crippen molar-refractivity contribution >= 4 is 10.1 Å². The molecule has 0 aromatic heterocycles. The van der Waals surface area contributed by atoms with Crippen LogP contribution >= 0.6 is 0 Å². The van der Waals surface area contributed by atoms with Crippen molar-refractivity contribution in [3.8, 4) is 0 Å². The lowest BCUT2D eigenvalue weighted by atomic mass is 10.2. The number of rotatable bonds is 4. The lowest BCUT2D eigenvalue weighted by molar-refractivity contribution is 0.275. The third kappa shape index (κ3) is 4.42. The quantitative estimate of drug-likeness (QED) is 0.806. The fraction of sp³-hybridized carbons (Fsp3) is 0.400. The van der Waals surface area contributed by atoms with Crippen molar-refractivity contribution < 1.29 is 12.6 Å². The molecule has 0 saturated heterocycles. The molecule has 0 fully saturated rings. The van der Waals surface area contributed by atoms with Gasteiger partial charge in [0.2, 0.25) is 0 Å². The monoisotopic (exact) mass is 231 g/mol. The minimum Gasteiger partial charge on any atom is -0.344 e. The van der Waals surface area contributed by atoms with E-state index in [1.165, 1.54) is 12.1 Å². The average molecular weight is 231 g/mol. The fourth-order valence-corrected chi connectivity index (χ4v) is 1.96. The molecule has 0 heterocycles. The van der Waals surface area contributed by atoms with Crippen LogP contribution in [0.3, 0.4) is 0 Å². The zero-order valence-corrected chi connectivity index (χ0v) is 9.83. The van der Waals surface area contributed by atoms with Gasteiger partial charge in [0.25, 0.3) is 10.1 Å². The van der Waals surface area contributed by atoms with Crippen molar-refractivity contribution in [1.82, 2.24) is 6.15 Å². The second-order valence-electron chi connectivity index (χ2n) is 3.45. The third-order valence-corrected chi connectivity index (χ3v) is 2.88. The molecule has 86 valence electrons. The minimum atomic E-state index is -3.56. The van der Waals surface area contributed by atoms with E-state index in [9.17, 15) is 8.42 Å². The van der Waals surface area contributed by atoms with Gasteiger partial charge >= 0.3 is 0 Å². The number of hydrogen-bond donors (Lipinski definition) is 1. The Kier molecular flexibility index (Phi) is 5.49. The molecule has 1 rings (SSSR count). The first-order valence-corrected chi connectivity index (χ1v) is 5.87. The summed E-state index contributed by atoms with van der Waals surface area (Å²) in [6, 6.07) is 8.16. The van der Waals surface area contributed by atoms with Gasteiger partial charge < -0.3 is 6.15 Å². The van der Waals surface area contributed by atoms with Crippen LogP contribution in [0.1, 0.15) is 13.8 Å². The Morgan fingerprint density at radius 1 is 1.20 bits per heavy atom. The van der Waals surface area contributed by atoms with Crippen LogP contribution in [0.5, 0.6) is 0 Å². The highest BCUT2D eigenvalue weighted by Gasteiger charge is 2.14. The SMILES string of the molecule is CC(C)COS(=O)(=O)c1ccccc1.N. The van der Waals surface area contributed by atoms with Crippen molar-refractivity contribution in [2.75, 3.05) is 6.61 Å². The molecule has 0 atom stereocenters. The molecule has 0 spiro atoms. The summed E-state index contributed by atoms with van der Waals surface area (Å²) in [5.74, 6) is 0.202. The van der Waals surface area contributed by atoms with Crippen molar-refractivity contribution in [1.29, 1.82) is 0 Å². The Hall–Kier alpha value is -0.910. The van der Waals surface area contributed by atoms with E-state index >= 15 is 0 Å². The van der Waals surface area contributed by atoms with Gasteiger partial charge in [-0.1, -0.05) is 32.0 Å². The molecule has 1 aromatic carbocycles. The highest BCUT2D eigenvalue weighted by atomic mass is 32.2. The normalized spacial score (nSPS) is 11.1. The largest absolute Gasteiger partial charge is 0.344 e. The zero-order chi connectivity index (χ0) is 10.6. The van der Waals surface area contributed by atoms with Gasteiger partial charge in [0.1, 0.15) is 0 Å². The van der Waals surface area contributed by atoms with Crippen molar-refractivity contribution in [3.05, 3.63) is 30.3 Å². The van der Waals surface area contributed by atoms with Crippen LogP contribution < -0.4 is 6.15 Å². The van der Waals surface area contributed by atoms with Crippen LogP contribution in [0.15, 0.2) is 35.2 Å². The van der Waals surface area contributed by atoms with Crippen LogP contribution in [0.25, 0.3) is 0 Å². The van der Waals surface area contributed by atoms with E-state index in [2.05, 4.69) is 0 Å². The first kappa shape index (κ1) is 14.1. The first-order valence-electron chi connectivity index (χ1n) is 4.47. The van der Waals surface area contributed by atoms with E-state index in [0.717, 1.165) is 0 Å². The van der Waals surface area contributed by atoms with Crippen molar-refractivity contribution in [3.63, 3.8) is 0 Å². The van der Waals surface area contributed by atoms with E-state index in [1.54, 1.807) is 18.2 Å². The molecule has 0 radical (unpaired) electrons. The summed E-state index contributed by atoms with van der Waals surface area (Å²) in [5.41, 5.74) is 0. The molecule has 5 heteroatoms. The van der Waals surface area contributed by atoms with Gasteiger partial charge in [0, 0.05) is 0 Å². The Bertz CT molecular complexity index is 373. The average Bonchev–Trinajstić information content (AvgIpc) is 2.16. The molecule has 0 aliphatic rings. The van der Waals surface area contributed by atoms with E-state index < -0.39 is 10.1 Å². The minimum absolute atomic E-state index is 0. The predicted octanol–water partition coefficient (Wildman–Crippen LogP) is 2.21. The highest BCUT2D eigenvalue weighted by Crippen LogP contribution is 2.12. The Balaban J connectivity index is 0.00000196. The van der Waals surface area contributed by atoms with Gasteiger partial charge in [0.15, 0.2) is 0 Å². The molecule has 0 amide bonds. The molecule has 0 saturated carbocycles. The molecule has 1 aromatic rings. The maximum Gasteiger partial charge on any atom is 0.296 e. The summed E-state index contributed by atoms with van der Waals surface area (Å²) in [7, 11) is -3.56. The smallest absolute Gasteiger partial charge is 0.296 e. The van der Waals surface area contributed by atoms with E-state index in [0.29, 0.717) is 0 Å². The van der Waals surface area contributed by atoms with Gasteiger partial charge in [0.05, 0.1) is 11.5 Å². The second-order valence-corrected chi connectivity index (χ2v) is 5.06. The van der Waals surface area contributed by atoms with Gasteiger partial charge in [-0.3, -0.25) is 4.18 Å². The summed E-state index contributed by atoms with van der Waals surface area (Å²) >= 11 is 0. The van der Waals surface area contributed by atoms with Gasteiger partial charge in [-0.25, -0.2) is 0 Å². The summed E-state index contributed by atoms with van der Waals surface area (Å²) in [6.07, 6.45) is 0. The molecule has 0 aliphatic carbocycles. The van der Waals surface area contributed by atoms with Crippen LogP contribution in [-0.2, 0) is 14.3 Å². The lowest BCUT2D eigenvalue weighted by Gasteiger charge is -2.06. The maximum absolute atomic E-state index is 11.5. The third-order valence-electron chi connectivity index (χ3n) is 1.59. The highest BCUT2D eigenvalue weighted by molar-refractivity contribution is 7.86. The molecular weight excluding hydrogens is 214 g/mol. The van der Waals surface area contributed by atoms with E-state index in [1.807, 2.05) is 13.8 Å². The second kappa shape index (κ2) is 5.85. The van der Waals surface area contributed by atoms with E-state index in [-0.39, 0.29) is 23.6 Å². The maximum atomic E-state index is 11.5. The summed E-state index contributed by atoms with van der Waals surface area (Å²) in [6.45, 7) is 4.03. The Morgan fingerprint density at radius 2 is 1.73 bits per heavy atom. The fourth-order valence-electron chi connectivity index (χ4n) is 0.881. The number of benzene rings is 1. The van der Waals surface area contributed by atoms with E-state index in [4.69, 9.17) is 4.18 Å². The molecule has 15 heavy (non-hydrogen) atoms. The van der Waals surface area contributed by atoms with Crippen LogP contribution in [-0.4, -0.2) is 15.0 Å². The zero-order valence-electron chi connectivity index (χ0n) is 9.01. The Morgan fingerprint density at radius 3 is 2.20 bits per heavy atom. The van der Waals surface area contributed by atoms with Crippen LogP contribution in [0.2, 0.25) is 0 Å². The van der Waals surface area contributed by atoms with Crippen molar-refractivity contribution in [2.45, 2.75) is 18.7 Å².